The summed E-state index contributed by atoms with van der Waals surface area (Å²) in [6.45, 7) is 3.40. The standard InChI is InChI=1S/C18H18FN5O2S/c1-9-14-17(22-8-23-18(14)27-15(9)16(20)25)24-12-3-2-10(19)6-13(12)26-11-4-5-21-7-11/h2-3,6,8,11,21H,4-5,7H2,1H3,(H2,20,25)(H,22,23,24)/t11-/m1/s1. The molecule has 3 aromatic rings. The Bertz CT molecular complexity index is 1020. The Morgan fingerprint density at radius 3 is 3.04 bits per heavy atom. The van der Waals surface area contributed by atoms with Crippen molar-refractivity contribution in [3.63, 3.8) is 0 Å². The molecule has 7 nitrogen and oxygen atoms in total. The van der Waals surface area contributed by atoms with Gasteiger partial charge in [-0.25, -0.2) is 14.4 Å². The van der Waals surface area contributed by atoms with Crippen LogP contribution in [0.4, 0.5) is 15.9 Å². The number of aromatic nitrogens is 2. The summed E-state index contributed by atoms with van der Waals surface area (Å²) < 4.78 is 19.7. The number of hydrogen-bond acceptors (Lipinski definition) is 7. The molecule has 4 N–H and O–H groups in total. The summed E-state index contributed by atoms with van der Waals surface area (Å²) in [6.07, 6.45) is 2.26. The first-order valence-corrected chi connectivity index (χ1v) is 9.32. The Kier molecular flexibility index (Phi) is 4.63. The SMILES string of the molecule is Cc1c(C(N)=O)sc2ncnc(Nc3ccc(F)cc3O[C@@H]3CCNC3)c12. The maximum Gasteiger partial charge on any atom is 0.259 e. The number of carbonyl (C=O) groups excluding carboxylic acids is 1. The maximum absolute atomic E-state index is 13.8. The van der Waals surface area contributed by atoms with Gasteiger partial charge >= 0.3 is 0 Å². The number of thiophene rings is 1. The fraction of sp³-hybridized carbons (Fsp3) is 0.278. The summed E-state index contributed by atoms with van der Waals surface area (Å²) >= 11 is 1.22. The van der Waals surface area contributed by atoms with Gasteiger partial charge in [-0.2, -0.15) is 0 Å². The zero-order chi connectivity index (χ0) is 19.0. The maximum atomic E-state index is 13.8. The van der Waals surface area contributed by atoms with Crippen molar-refractivity contribution in [1.82, 2.24) is 15.3 Å². The van der Waals surface area contributed by atoms with Gasteiger partial charge in [-0.15, -0.1) is 11.3 Å². The van der Waals surface area contributed by atoms with Gasteiger partial charge in [0.1, 0.15) is 34.6 Å². The average Bonchev–Trinajstić information content (AvgIpc) is 3.26. The number of rotatable bonds is 5. The lowest BCUT2D eigenvalue weighted by Gasteiger charge is -2.17. The largest absolute Gasteiger partial charge is 0.487 e. The van der Waals surface area contributed by atoms with Crippen molar-refractivity contribution >= 4 is 39.0 Å². The van der Waals surface area contributed by atoms with Crippen molar-refractivity contribution in [3.8, 4) is 5.75 Å². The van der Waals surface area contributed by atoms with Crippen LogP contribution < -0.4 is 21.1 Å². The fourth-order valence-corrected chi connectivity index (χ4v) is 4.14. The van der Waals surface area contributed by atoms with Gasteiger partial charge in [0.15, 0.2) is 0 Å². The molecule has 140 valence electrons. The lowest BCUT2D eigenvalue weighted by molar-refractivity contribution is 0.100. The quantitative estimate of drug-likeness (QED) is 0.622. The van der Waals surface area contributed by atoms with E-state index in [4.69, 9.17) is 10.5 Å². The van der Waals surface area contributed by atoms with Crippen LogP contribution >= 0.6 is 11.3 Å². The van der Waals surface area contributed by atoms with E-state index in [9.17, 15) is 9.18 Å². The second-order valence-corrected chi connectivity index (χ2v) is 7.32. The number of amides is 1. The van der Waals surface area contributed by atoms with E-state index in [-0.39, 0.29) is 11.9 Å². The Morgan fingerprint density at radius 1 is 1.44 bits per heavy atom. The highest BCUT2D eigenvalue weighted by Gasteiger charge is 2.20. The molecular weight excluding hydrogens is 369 g/mol. The number of nitrogens with two attached hydrogens (primary N) is 1. The lowest BCUT2D eigenvalue weighted by atomic mass is 10.2. The lowest BCUT2D eigenvalue weighted by Crippen LogP contribution is -2.20. The number of nitrogens with one attached hydrogen (secondary N) is 2. The topological polar surface area (TPSA) is 102 Å². The zero-order valence-corrected chi connectivity index (χ0v) is 15.4. The van der Waals surface area contributed by atoms with E-state index in [1.165, 1.54) is 29.8 Å². The van der Waals surface area contributed by atoms with Gasteiger partial charge in [0.05, 0.1) is 16.0 Å². The minimum Gasteiger partial charge on any atom is -0.487 e. The Balaban J connectivity index is 1.73. The number of halogens is 1. The van der Waals surface area contributed by atoms with E-state index >= 15 is 0 Å². The van der Waals surface area contributed by atoms with Gasteiger partial charge in [-0.1, -0.05) is 0 Å². The molecule has 2 aromatic heterocycles. The van der Waals surface area contributed by atoms with Crippen LogP contribution in [0.5, 0.6) is 5.75 Å². The van der Waals surface area contributed by atoms with E-state index in [0.29, 0.717) is 32.3 Å². The first-order chi connectivity index (χ1) is 13.0. The van der Waals surface area contributed by atoms with Crippen molar-refractivity contribution < 1.29 is 13.9 Å². The van der Waals surface area contributed by atoms with Crippen molar-refractivity contribution in [2.24, 2.45) is 5.73 Å². The van der Waals surface area contributed by atoms with Crippen molar-refractivity contribution in [1.29, 1.82) is 0 Å². The van der Waals surface area contributed by atoms with Crippen molar-refractivity contribution in [2.45, 2.75) is 19.4 Å². The highest BCUT2D eigenvalue weighted by Crippen LogP contribution is 2.36. The Hall–Kier alpha value is -2.78. The number of benzene rings is 1. The number of fused-ring (bicyclic) bond motifs is 1. The van der Waals surface area contributed by atoms with Gasteiger partial charge in [-0.3, -0.25) is 4.79 Å². The molecule has 1 amide bonds. The number of carbonyl (C=O) groups is 1. The molecule has 0 unspecified atom stereocenters. The highest BCUT2D eigenvalue weighted by atomic mass is 32.1. The second-order valence-electron chi connectivity index (χ2n) is 6.32. The normalized spacial score (nSPS) is 16.6. The van der Waals surface area contributed by atoms with E-state index in [2.05, 4.69) is 20.6 Å². The summed E-state index contributed by atoms with van der Waals surface area (Å²) in [5.74, 6) is 0.0544. The molecule has 0 saturated carbocycles. The molecule has 1 atom stereocenters. The van der Waals surface area contributed by atoms with Crippen molar-refractivity contribution in [3.05, 3.63) is 40.8 Å². The summed E-state index contributed by atoms with van der Waals surface area (Å²) in [4.78, 5) is 21.3. The van der Waals surface area contributed by atoms with Crippen LogP contribution in [0.2, 0.25) is 0 Å². The molecular formula is C18H18FN5O2S. The van der Waals surface area contributed by atoms with Crippen LogP contribution in [0.15, 0.2) is 24.5 Å². The predicted molar refractivity (Wildman–Crippen MR) is 102 cm³/mol. The number of aryl methyl sites for hydroxylation is 1. The van der Waals surface area contributed by atoms with Crippen LogP contribution in [0.25, 0.3) is 10.2 Å². The molecule has 27 heavy (non-hydrogen) atoms. The van der Waals surface area contributed by atoms with E-state index in [1.54, 1.807) is 13.0 Å². The van der Waals surface area contributed by atoms with Crippen LogP contribution in [-0.2, 0) is 0 Å². The average molecular weight is 387 g/mol. The predicted octanol–water partition coefficient (Wildman–Crippen LogP) is 2.72. The highest BCUT2D eigenvalue weighted by molar-refractivity contribution is 7.20. The molecule has 9 heteroatoms. The summed E-state index contributed by atoms with van der Waals surface area (Å²) in [6, 6.07) is 4.32. The van der Waals surface area contributed by atoms with Gasteiger partial charge in [0.2, 0.25) is 0 Å². The molecule has 0 aliphatic carbocycles. The van der Waals surface area contributed by atoms with E-state index in [0.717, 1.165) is 25.1 Å². The third-order valence-corrected chi connectivity index (χ3v) is 5.67. The first-order valence-electron chi connectivity index (χ1n) is 8.51. The molecule has 0 spiro atoms. The summed E-state index contributed by atoms with van der Waals surface area (Å²) in [5, 5.41) is 7.14. The second kappa shape index (κ2) is 7.09. The molecule has 1 aromatic carbocycles. The van der Waals surface area contributed by atoms with Gasteiger partial charge < -0.3 is 21.1 Å². The van der Waals surface area contributed by atoms with Crippen LogP contribution in [0, 0.1) is 12.7 Å². The van der Waals surface area contributed by atoms with E-state index < -0.39 is 5.91 Å². The summed E-state index contributed by atoms with van der Waals surface area (Å²) in [7, 11) is 0. The number of nitrogens with zero attached hydrogens (tertiary/aromatic N) is 2. The van der Waals surface area contributed by atoms with Crippen LogP contribution in [0.1, 0.15) is 21.7 Å². The van der Waals surface area contributed by atoms with Crippen LogP contribution in [-0.4, -0.2) is 35.1 Å². The summed E-state index contributed by atoms with van der Waals surface area (Å²) in [5.41, 5.74) is 6.76. The smallest absolute Gasteiger partial charge is 0.259 e. The zero-order valence-electron chi connectivity index (χ0n) is 14.6. The number of anilines is 2. The molecule has 0 radical (unpaired) electrons. The van der Waals surface area contributed by atoms with Crippen molar-refractivity contribution in [2.75, 3.05) is 18.4 Å². The molecule has 4 rings (SSSR count). The Morgan fingerprint density at radius 2 is 2.30 bits per heavy atom. The fourth-order valence-electron chi connectivity index (χ4n) is 3.13. The number of hydrogen-bond donors (Lipinski definition) is 3. The van der Waals surface area contributed by atoms with Crippen LogP contribution in [0.3, 0.4) is 0 Å². The van der Waals surface area contributed by atoms with Gasteiger partial charge in [0, 0.05) is 12.6 Å². The third-order valence-electron chi connectivity index (χ3n) is 4.46. The molecule has 1 fully saturated rings. The minimum absolute atomic E-state index is 0.0119. The van der Waals surface area contributed by atoms with Gasteiger partial charge in [0.25, 0.3) is 5.91 Å². The molecule has 1 aliphatic rings. The molecule has 1 aliphatic heterocycles. The number of ether oxygens (including phenoxy) is 1. The molecule has 1 saturated heterocycles. The number of primary amides is 1. The Labute approximate surface area is 158 Å². The molecule has 0 bridgehead atoms. The minimum atomic E-state index is -0.499. The van der Waals surface area contributed by atoms with Gasteiger partial charge in [-0.05, 0) is 37.6 Å². The third kappa shape index (κ3) is 3.43. The first kappa shape index (κ1) is 17.6. The van der Waals surface area contributed by atoms with E-state index in [1.807, 2.05) is 0 Å². The monoisotopic (exact) mass is 387 g/mol. The molecule has 3 heterocycles.